The van der Waals surface area contributed by atoms with E-state index in [2.05, 4.69) is 10.1 Å². The lowest BCUT2D eigenvalue weighted by Gasteiger charge is -1.93. The van der Waals surface area contributed by atoms with Crippen molar-refractivity contribution >= 4 is 17.4 Å². The lowest BCUT2D eigenvalue weighted by Crippen LogP contribution is -1.91. The van der Waals surface area contributed by atoms with Gasteiger partial charge in [-0.15, -0.1) is 0 Å². The second-order valence-electron chi connectivity index (χ2n) is 2.99. The van der Waals surface area contributed by atoms with E-state index in [1.165, 1.54) is 6.92 Å². The highest BCUT2D eigenvalue weighted by Gasteiger charge is 2.11. The van der Waals surface area contributed by atoms with E-state index in [9.17, 15) is 4.79 Å². The van der Waals surface area contributed by atoms with Gasteiger partial charge in [0, 0.05) is 17.5 Å². The highest BCUT2D eigenvalue weighted by molar-refractivity contribution is 6.30. The van der Waals surface area contributed by atoms with Crippen molar-refractivity contribution < 1.29 is 9.32 Å². The minimum atomic E-state index is -0.254. The topological polar surface area (TPSA) is 56.0 Å². The number of rotatable bonds is 2. The summed E-state index contributed by atoms with van der Waals surface area (Å²) < 4.78 is 4.77. The molecule has 0 atom stereocenters. The molecule has 0 N–H and O–H groups in total. The Labute approximate surface area is 90.9 Å². The smallest absolute Gasteiger partial charge is 0.294 e. The van der Waals surface area contributed by atoms with Crippen LogP contribution in [0, 0.1) is 0 Å². The number of Topliss-reactive ketones (excluding diaryl/α,β-unsaturated/α-hetero) is 1. The monoisotopic (exact) mass is 222 g/mol. The second kappa shape index (κ2) is 3.82. The first-order chi connectivity index (χ1) is 7.16. The molecule has 2 aromatic rings. The molecule has 0 aliphatic heterocycles. The van der Waals surface area contributed by atoms with Gasteiger partial charge in [0.15, 0.2) is 0 Å². The molecule has 2 rings (SSSR count). The Bertz CT molecular complexity index is 508. The van der Waals surface area contributed by atoms with Gasteiger partial charge in [-0.3, -0.25) is 4.79 Å². The number of halogens is 1. The van der Waals surface area contributed by atoms with Crippen molar-refractivity contribution in [2.75, 3.05) is 0 Å². The van der Waals surface area contributed by atoms with E-state index in [0.717, 1.165) is 5.56 Å². The van der Waals surface area contributed by atoms with Gasteiger partial charge >= 0.3 is 0 Å². The van der Waals surface area contributed by atoms with Crippen LogP contribution in [0.4, 0.5) is 0 Å². The minimum Gasteiger partial charge on any atom is -0.330 e. The Morgan fingerprint density at radius 2 is 2.27 bits per heavy atom. The van der Waals surface area contributed by atoms with Crippen LogP contribution < -0.4 is 0 Å². The Kier molecular flexibility index (Phi) is 2.51. The molecule has 0 bridgehead atoms. The molecule has 0 aliphatic carbocycles. The fourth-order valence-corrected chi connectivity index (χ4v) is 1.30. The summed E-state index contributed by atoms with van der Waals surface area (Å²) in [6.07, 6.45) is 0. The van der Waals surface area contributed by atoms with Gasteiger partial charge in [-0.05, 0) is 12.1 Å². The molecule has 0 spiro atoms. The van der Waals surface area contributed by atoms with Gasteiger partial charge in [-0.25, -0.2) is 0 Å². The van der Waals surface area contributed by atoms with Crippen molar-refractivity contribution in [2.24, 2.45) is 0 Å². The molecule has 0 saturated heterocycles. The van der Waals surface area contributed by atoms with Crippen molar-refractivity contribution in [2.45, 2.75) is 6.92 Å². The number of carbonyl (C=O) groups is 1. The van der Waals surface area contributed by atoms with E-state index in [1.54, 1.807) is 24.3 Å². The predicted molar refractivity (Wildman–Crippen MR) is 54.7 cm³/mol. The standard InChI is InChI=1S/C10H7ClN2O2/c1-6(14)10-12-9(13-15-10)7-3-2-4-8(11)5-7/h2-5H,1H3. The summed E-state index contributed by atoms with van der Waals surface area (Å²) in [5, 5.41) is 4.27. The Morgan fingerprint density at radius 3 is 2.87 bits per heavy atom. The van der Waals surface area contributed by atoms with Gasteiger partial charge in [0.25, 0.3) is 5.89 Å². The first-order valence-electron chi connectivity index (χ1n) is 4.27. The van der Waals surface area contributed by atoms with E-state index in [4.69, 9.17) is 16.1 Å². The summed E-state index contributed by atoms with van der Waals surface area (Å²) in [7, 11) is 0. The van der Waals surface area contributed by atoms with Crippen LogP contribution in [-0.4, -0.2) is 15.9 Å². The predicted octanol–water partition coefficient (Wildman–Crippen LogP) is 2.59. The molecular formula is C10H7ClN2O2. The second-order valence-corrected chi connectivity index (χ2v) is 3.43. The lowest BCUT2D eigenvalue weighted by atomic mass is 10.2. The fourth-order valence-electron chi connectivity index (χ4n) is 1.11. The van der Waals surface area contributed by atoms with Crippen LogP contribution in [0.1, 0.15) is 17.6 Å². The molecule has 0 unspecified atom stereocenters. The van der Waals surface area contributed by atoms with Crippen LogP contribution in [0.3, 0.4) is 0 Å². The molecule has 5 heteroatoms. The molecule has 15 heavy (non-hydrogen) atoms. The Balaban J connectivity index is 2.41. The maximum absolute atomic E-state index is 10.9. The van der Waals surface area contributed by atoms with Crippen molar-refractivity contribution in [3.8, 4) is 11.4 Å². The molecule has 4 nitrogen and oxygen atoms in total. The molecule has 1 aromatic carbocycles. The number of aromatic nitrogens is 2. The maximum Gasteiger partial charge on any atom is 0.294 e. The van der Waals surface area contributed by atoms with Crippen LogP contribution >= 0.6 is 11.6 Å². The lowest BCUT2D eigenvalue weighted by molar-refractivity contribution is 0.0972. The van der Waals surface area contributed by atoms with Gasteiger partial charge < -0.3 is 4.52 Å². The number of hydrogen-bond donors (Lipinski definition) is 0. The molecular weight excluding hydrogens is 216 g/mol. The highest BCUT2D eigenvalue weighted by Crippen LogP contribution is 2.19. The van der Waals surface area contributed by atoms with Gasteiger partial charge in [-0.1, -0.05) is 28.9 Å². The van der Waals surface area contributed by atoms with E-state index in [-0.39, 0.29) is 11.7 Å². The molecule has 0 aliphatic rings. The van der Waals surface area contributed by atoms with Crippen molar-refractivity contribution in [3.05, 3.63) is 35.2 Å². The molecule has 0 radical (unpaired) electrons. The number of carbonyl (C=O) groups excluding carboxylic acids is 1. The van der Waals surface area contributed by atoms with Crippen LogP contribution in [0.15, 0.2) is 28.8 Å². The summed E-state index contributed by atoms with van der Waals surface area (Å²) in [6, 6.07) is 7.02. The highest BCUT2D eigenvalue weighted by atomic mass is 35.5. The normalized spacial score (nSPS) is 10.3. The summed E-state index contributed by atoms with van der Waals surface area (Å²) in [6.45, 7) is 1.37. The minimum absolute atomic E-state index is 0.00461. The van der Waals surface area contributed by atoms with Crippen molar-refractivity contribution in [1.82, 2.24) is 10.1 Å². The summed E-state index contributed by atoms with van der Waals surface area (Å²) >= 11 is 5.81. The summed E-state index contributed by atoms with van der Waals surface area (Å²) in [5.74, 6) is 0.114. The average Bonchev–Trinajstić information content (AvgIpc) is 2.66. The third-order valence-corrected chi connectivity index (χ3v) is 2.05. The van der Waals surface area contributed by atoms with E-state index in [1.807, 2.05) is 0 Å². The molecule has 76 valence electrons. The third kappa shape index (κ3) is 2.05. The third-order valence-electron chi connectivity index (χ3n) is 1.81. The van der Waals surface area contributed by atoms with E-state index in [0.29, 0.717) is 10.8 Å². The molecule has 0 fully saturated rings. The summed E-state index contributed by atoms with van der Waals surface area (Å²) in [4.78, 5) is 14.9. The van der Waals surface area contributed by atoms with Crippen molar-refractivity contribution in [3.63, 3.8) is 0 Å². The zero-order valence-electron chi connectivity index (χ0n) is 7.90. The zero-order valence-corrected chi connectivity index (χ0v) is 8.65. The number of hydrogen-bond acceptors (Lipinski definition) is 4. The molecule has 0 amide bonds. The quantitative estimate of drug-likeness (QED) is 0.733. The zero-order chi connectivity index (χ0) is 10.8. The van der Waals surface area contributed by atoms with Crippen LogP contribution in [0.25, 0.3) is 11.4 Å². The Morgan fingerprint density at radius 1 is 1.47 bits per heavy atom. The van der Waals surface area contributed by atoms with Crippen molar-refractivity contribution in [1.29, 1.82) is 0 Å². The van der Waals surface area contributed by atoms with Gasteiger partial charge in [0.2, 0.25) is 11.6 Å². The first kappa shape index (κ1) is 9.86. The first-order valence-corrected chi connectivity index (χ1v) is 4.65. The van der Waals surface area contributed by atoms with Crippen LogP contribution in [-0.2, 0) is 0 Å². The van der Waals surface area contributed by atoms with E-state index < -0.39 is 0 Å². The SMILES string of the molecule is CC(=O)c1nc(-c2cccc(Cl)c2)no1. The van der Waals surface area contributed by atoms with Gasteiger partial charge in [0.1, 0.15) is 0 Å². The maximum atomic E-state index is 10.9. The van der Waals surface area contributed by atoms with Crippen LogP contribution in [0.2, 0.25) is 5.02 Å². The van der Waals surface area contributed by atoms with Crippen LogP contribution in [0.5, 0.6) is 0 Å². The average molecular weight is 223 g/mol. The van der Waals surface area contributed by atoms with E-state index >= 15 is 0 Å². The molecule has 0 saturated carbocycles. The molecule has 1 heterocycles. The summed E-state index contributed by atoms with van der Waals surface area (Å²) in [5.41, 5.74) is 0.721. The number of nitrogens with zero attached hydrogens (tertiary/aromatic N) is 2. The van der Waals surface area contributed by atoms with Gasteiger partial charge in [0.05, 0.1) is 0 Å². The number of ketones is 1. The largest absolute Gasteiger partial charge is 0.330 e. The number of benzene rings is 1. The molecule has 1 aromatic heterocycles. The fraction of sp³-hybridized carbons (Fsp3) is 0.100. The van der Waals surface area contributed by atoms with Gasteiger partial charge in [-0.2, -0.15) is 4.98 Å². The Hall–Kier alpha value is -1.68.